The third-order valence-corrected chi connectivity index (χ3v) is 6.87. The third-order valence-electron chi connectivity index (χ3n) is 5.86. The van der Waals surface area contributed by atoms with E-state index in [0.717, 1.165) is 26.9 Å². The Balaban J connectivity index is 1.26. The molecule has 6 nitrogen and oxygen atoms in total. The summed E-state index contributed by atoms with van der Waals surface area (Å²) in [6.07, 6.45) is 2.14. The van der Waals surface area contributed by atoms with Crippen molar-refractivity contribution in [1.82, 2.24) is 14.8 Å². The Labute approximate surface area is 198 Å². The normalized spacial score (nSPS) is 15.2. The number of halogens is 1. The number of fused-ring (bicyclic) bond motifs is 2. The lowest BCUT2D eigenvalue weighted by molar-refractivity contribution is -0.116. The lowest BCUT2D eigenvalue weighted by Crippen LogP contribution is -2.24. The second-order valence-electron chi connectivity index (χ2n) is 8.12. The van der Waals surface area contributed by atoms with Crippen molar-refractivity contribution in [1.29, 1.82) is 0 Å². The van der Waals surface area contributed by atoms with E-state index in [0.29, 0.717) is 23.1 Å². The van der Waals surface area contributed by atoms with E-state index in [1.807, 2.05) is 54.6 Å². The fourth-order valence-corrected chi connectivity index (χ4v) is 5.13. The SMILES string of the molecule is O=C1CC(c2ccc(OCc3cccc(F)c3)cc2)c2cnn(-c3nc4ccccc4s3)c2N1. The fourth-order valence-electron chi connectivity index (χ4n) is 4.20. The molecule has 3 heterocycles. The van der Waals surface area contributed by atoms with Crippen LogP contribution in [0.15, 0.2) is 79.0 Å². The minimum Gasteiger partial charge on any atom is -0.489 e. The highest BCUT2D eigenvalue weighted by Gasteiger charge is 2.31. The molecule has 0 aliphatic carbocycles. The van der Waals surface area contributed by atoms with E-state index in [-0.39, 0.29) is 24.2 Å². The van der Waals surface area contributed by atoms with E-state index < -0.39 is 0 Å². The summed E-state index contributed by atoms with van der Waals surface area (Å²) in [5.41, 5.74) is 3.62. The first-order chi connectivity index (χ1) is 16.6. The lowest BCUT2D eigenvalue weighted by atomic mass is 9.87. The Kier molecular flexibility index (Phi) is 5.07. The number of aromatic nitrogens is 3. The molecule has 1 atom stereocenters. The Morgan fingerprint density at radius 1 is 1.09 bits per heavy atom. The van der Waals surface area contributed by atoms with E-state index in [2.05, 4.69) is 15.4 Å². The highest BCUT2D eigenvalue weighted by atomic mass is 32.1. The molecule has 5 aromatic rings. The molecule has 34 heavy (non-hydrogen) atoms. The van der Waals surface area contributed by atoms with Crippen molar-refractivity contribution in [2.24, 2.45) is 0 Å². The van der Waals surface area contributed by atoms with Gasteiger partial charge in [-0.15, -0.1) is 0 Å². The maximum Gasteiger partial charge on any atom is 0.226 e. The molecule has 2 aromatic heterocycles. The number of amides is 1. The zero-order valence-electron chi connectivity index (χ0n) is 17.9. The molecule has 1 aliphatic rings. The molecule has 1 N–H and O–H groups in total. The number of ether oxygens (including phenoxy) is 1. The number of anilines is 1. The predicted molar refractivity (Wildman–Crippen MR) is 129 cm³/mol. The van der Waals surface area contributed by atoms with Crippen molar-refractivity contribution in [3.05, 3.63) is 102 Å². The molecule has 0 spiro atoms. The first-order valence-corrected chi connectivity index (χ1v) is 11.7. The molecule has 6 rings (SSSR count). The van der Waals surface area contributed by atoms with Gasteiger partial charge in [-0.3, -0.25) is 4.79 Å². The van der Waals surface area contributed by atoms with Crippen molar-refractivity contribution in [3.8, 4) is 10.9 Å². The number of hydrogen-bond acceptors (Lipinski definition) is 5. The minimum absolute atomic E-state index is 0.0632. The molecule has 0 saturated heterocycles. The smallest absolute Gasteiger partial charge is 0.226 e. The van der Waals surface area contributed by atoms with Gasteiger partial charge in [0.15, 0.2) is 0 Å². The van der Waals surface area contributed by atoms with Crippen molar-refractivity contribution < 1.29 is 13.9 Å². The van der Waals surface area contributed by atoms with Gasteiger partial charge < -0.3 is 10.1 Å². The zero-order chi connectivity index (χ0) is 23.1. The average Bonchev–Trinajstić information content (AvgIpc) is 3.46. The summed E-state index contributed by atoms with van der Waals surface area (Å²) in [5.74, 6) is 0.871. The molecule has 0 bridgehead atoms. The van der Waals surface area contributed by atoms with Crippen LogP contribution in [-0.4, -0.2) is 20.7 Å². The molecule has 168 valence electrons. The van der Waals surface area contributed by atoms with Crippen molar-refractivity contribution >= 4 is 33.3 Å². The quantitative estimate of drug-likeness (QED) is 0.359. The van der Waals surface area contributed by atoms with Crippen LogP contribution in [-0.2, 0) is 11.4 Å². The number of para-hydroxylation sites is 1. The molecule has 0 radical (unpaired) electrons. The number of thiazole rings is 1. The predicted octanol–water partition coefficient (Wildman–Crippen LogP) is 5.67. The van der Waals surface area contributed by atoms with Gasteiger partial charge in [-0.1, -0.05) is 47.7 Å². The van der Waals surface area contributed by atoms with Crippen LogP contribution in [0, 0.1) is 5.82 Å². The highest BCUT2D eigenvalue weighted by Crippen LogP contribution is 2.39. The topological polar surface area (TPSA) is 69.0 Å². The van der Waals surface area contributed by atoms with Gasteiger partial charge in [-0.25, -0.2) is 9.37 Å². The molecule has 0 saturated carbocycles. The maximum absolute atomic E-state index is 13.4. The van der Waals surface area contributed by atoms with E-state index in [1.165, 1.54) is 23.5 Å². The molecule has 1 aliphatic heterocycles. The largest absolute Gasteiger partial charge is 0.489 e. The monoisotopic (exact) mass is 470 g/mol. The van der Waals surface area contributed by atoms with Crippen LogP contribution in [0.1, 0.15) is 29.0 Å². The lowest BCUT2D eigenvalue weighted by Gasteiger charge is -2.23. The standard InChI is InChI=1S/C26H19FN4O2S/c27-18-5-3-4-16(12-18)15-33-19-10-8-17(9-11-19)20-13-24(32)30-25-21(20)14-28-31(25)26-29-22-6-1-2-7-23(22)34-26/h1-12,14,20H,13,15H2,(H,30,32). The molecule has 0 fully saturated rings. The first kappa shape index (κ1) is 20.6. The van der Waals surface area contributed by atoms with E-state index >= 15 is 0 Å². The maximum atomic E-state index is 13.4. The number of nitrogens with zero attached hydrogens (tertiary/aromatic N) is 3. The number of benzene rings is 3. The number of hydrogen-bond donors (Lipinski definition) is 1. The van der Waals surface area contributed by atoms with Crippen LogP contribution in [0.2, 0.25) is 0 Å². The Morgan fingerprint density at radius 3 is 2.76 bits per heavy atom. The number of carbonyl (C=O) groups is 1. The Morgan fingerprint density at radius 2 is 1.94 bits per heavy atom. The van der Waals surface area contributed by atoms with E-state index in [1.54, 1.807) is 16.9 Å². The van der Waals surface area contributed by atoms with Crippen molar-refractivity contribution in [3.63, 3.8) is 0 Å². The van der Waals surface area contributed by atoms with Gasteiger partial charge in [0.2, 0.25) is 11.0 Å². The number of rotatable bonds is 5. The van der Waals surface area contributed by atoms with Gasteiger partial charge in [0.25, 0.3) is 0 Å². The molecular weight excluding hydrogens is 451 g/mol. The molecular formula is C26H19FN4O2S. The Bertz CT molecular complexity index is 1480. The van der Waals surface area contributed by atoms with Gasteiger partial charge in [0.05, 0.1) is 16.4 Å². The summed E-state index contributed by atoms with van der Waals surface area (Å²) in [5, 5.41) is 8.25. The van der Waals surface area contributed by atoms with Gasteiger partial charge in [0, 0.05) is 17.9 Å². The summed E-state index contributed by atoms with van der Waals surface area (Å²) in [6, 6.07) is 21.9. The zero-order valence-corrected chi connectivity index (χ0v) is 18.8. The van der Waals surface area contributed by atoms with Gasteiger partial charge in [0.1, 0.15) is 24.0 Å². The van der Waals surface area contributed by atoms with Gasteiger partial charge in [-0.05, 0) is 47.5 Å². The summed E-state index contributed by atoms with van der Waals surface area (Å²) in [4.78, 5) is 17.3. The highest BCUT2D eigenvalue weighted by molar-refractivity contribution is 7.20. The van der Waals surface area contributed by atoms with Crippen molar-refractivity contribution in [2.45, 2.75) is 18.9 Å². The van der Waals surface area contributed by atoms with Crippen LogP contribution >= 0.6 is 11.3 Å². The van der Waals surface area contributed by atoms with Crippen molar-refractivity contribution in [2.75, 3.05) is 5.32 Å². The third kappa shape index (κ3) is 3.82. The van der Waals surface area contributed by atoms with Gasteiger partial charge >= 0.3 is 0 Å². The molecule has 8 heteroatoms. The minimum atomic E-state index is -0.283. The van der Waals surface area contributed by atoms with Crippen LogP contribution in [0.3, 0.4) is 0 Å². The Hall–Kier alpha value is -4.04. The first-order valence-electron chi connectivity index (χ1n) is 10.8. The second-order valence-corrected chi connectivity index (χ2v) is 9.13. The fraction of sp³-hybridized carbons (Fsp3) is 0.115. The van der Waals surface area contributed by atoms with Crippen LogP contribution in [0.25, 0.3) is 15.3 Å². The molecule has 3 aromatic carbocycles. The second kappa shape index (κ2) is 8.39. The van der Waals surface area contributed by atoms with Crippen LogP contribution < -0.4 is 10.1 Å². The van der Waals surface area contributed by atoms with Crippen LogP contribution in [0.5, 0.6) is 5.75 Å². The summed E-state index contributed by atoms with van der Waals surface area (Å²) < 4.78 is 21.9. The van der Waals surface area contributed by atoms with E-state index in [9.17, 15) is 9.18 Å². The van der Waals surface area contributed by atoms with Crippen LogP contribution in [0.4, 0.5) is 10.2 Å². The average molecular weight is 471 g/mol. The van der Waals surface area contributed by atoms with Gasteiger partial charge in [-0.2, -0.15) is 9.78 Å². The molecule has 1 unspecified atom stereocenters. The number of carbonyl (C=O) groups excluding carboxylic acids is 1. The summed E-state index contributed by atoms with van der Waals surface area (Å²) in [7, 11) is 0. The summed E-state index contributed by atoms with van der Waals surface area (Å²) >= 11 is 1.53. The summed E-state index contributed by atoms with van der Waals surface area (Å²) in [6.45, 7) is 0.280. The number of nitrogens with one attached hydrogen (secondary N) is 1. The van der Waals surface area contributed by atoms with E-state index in [4.69, 9.17) is 4.74 Å². The molecule has 1 amide bonds.